The fraction of sp³-hybridized carbons (Fsp3) is 0.900. The van der Waals surface area contributed by atoms with E-state index in [1.54, 1.807) is 0 Å². The van der Waals surface area contributed by atoms with E-state index in [-0.39, 0.29) is 11.0 Å². The zero-order chi connectivity index (χ0) is 9.99. The molecule has 12 heavy (non-hydrogen) atoms. The first-order chi connectivity index (χ1) is 5.13. The zero-order valence-corrected chi connectivity index (χ0v) is 8.90. The van der Waals surface area contributed by atoms with Crippen LogP contribution in [0.3, 0.4) is 0 Å². The van der Waals surface area contributed by atoms with Gasteiger partial charge in [0.2, 0.25) is 0 Å². The summed E-state index contributed by atoms with van der Waals surface area (Å²) < 4.78 is 0. The quantitative estimate of drug-likeness (QED) is 0.706. The highest BCUT2D eigenvalue weighted by molar-refractivity contribution is 5.83. The van der Waals surface area contributed by atoms with Crippen LogP contribution in [0.5, 0.6) is 0 Å². The van der Waals surface area contributed by atoms with Crippen molar-refractivity contribution in [1.82, 2.24) is 0 Å². The van der Waals surface area contributed by atoms with Crippen LogP contribution in [0.25, 0.3) is 0 Å². The third-order valence-corrected chi connectivity index (χ3v) is 1.83. The fourth-order valence-electron chi connectivity index (χ4n) is 0.811. The molecule has 0 aliphatic heterocycles. The summed E-state index contributed by atoms with van der Waals surface area (Å²) >= 11 is 0. The van der Waals surface area contributed by atoms with Gasteiger partial charge in [-0.3, -0.25) is 4.79 Å². The molecule has 2 nitrogen and oxygen atoms in total. The van der Waals surface area contributed by atoms with Crippen molar-refractivity contribution in [3.05, 3.63) is 0 Å². The van der Waals surface area contributed by atoms with Crippen molar-refractivity contribution in [2.75, 3.05) is 0 Å². The molecular weight excluding hydrogens is 150 g/mol. The van der Waals surface area contributed by atoms with E-state index in [2.05, 4.69) is 0 Å². The fourth-order valence-corrected chi connectivity index (χ4v) is 0.811. The average Bonchev–Trinajstić information content (AvgIpc) is 1.78. The van der Waals surface area contributed by atoms with Crippen LogP contribution < -0.4 is 5.73 Å². The molecule has 0 bridgehead atoms. The van der Waals surface area contributed by atoms with Gasteiger partial charge in [-0.1, -0.05) is 20.8 Å². The van der Waals surface area contributed by atoms with Gasteiger partial charge in [0, 0.05) is 17.4 Å². The predicted octanol–water partition coefficient (Wildman–Crippen LogP) is 2.12. The maximum atomic E-state index is 11.5. The van der Waals surface area contributed by atoms with Crippen LogP contribution in [0.4, 0.5) is 0 Å². The van der Waals surface area contributed by atoms with Crippen LogP contribution in [-0.4, -0.2) is 11.3 Å². The Morgan fingerprint density at radius 2 is 1.58 bits per heavy atom. The molecule has 0 spiro atoms. The molecule has 2 heteroatoms. The molecule has 0 atom stereocenters. The first-order valence-corrected chi connectivity index (χ1v) is 4.45. The highest BCUT2D eigenvalue weighted by atomic mass is 16.1. The van der Waals surface area contributed by atoms with Crippen LogP contribution in [0.1, 0.15) is 47.5 Å². The molecule has 0 aromatic heterocycles. The first kappa shape index (κ1) is 11.6. The molecule has 0 radical (unpaired) electrons. The summed E-state index contributed by atoms with van der Waals surface area (Å²) in [6.07, 6.45) is 1.36. The lowest BCUT2D eigenvalue weighted by Crippen LogP contribution is -2.33. The molecule has 0 saturated heterocycles. The van der Waals surface area contributed by atoms with Gasteiger partial charge >= 0.3 is 0 Å². The second kappa shape index (κ2) is 3.56. The van der Waals surface area contributed by atoms with Gasteiger partial charge in [-0.15, -0.1) is 0 Å². The maximum Gasteiger partial charge on any atom is 0.138 e. The number of ketones is 1. The van der Waals surface area contributed by atoms with Crippen molar-refractivity contribution in [1.29, 1.82) is 0 Å². The van der Waals surface area contributed by atoms with E-state index in [4.69, 9.17) is 5.73 Å². The largest absolute Gasteiger partial charge is 0.326 e. The summed E-state index contributed by atoms with van der Waals surface area (Å²) in [5.74, 6) is 0.293. The van der Waals surface area contributed by atoms with Gasteiger partial charge < -0.3 is 5.73 Å². The molecule has 0 saturated carbocycles. The number of hydrogen-bond donors (Lipinski definition) is 1. The lowest BCUT2D eigenvalue weighted by molar-refractivity contribution is -0.126. The zero-order valence-electron chi connectivity index (χ0n) is 8.90. The molecule has 0 rings (SSSR count). The standard InChI is InChI=1S/C10H21NO/c1-9(2,3)8(12)6-7-10(4,5)11/h6-7,11H2,1-5H3. The van der Waals surface area contributed by atoms with E-state index in [1.807, 2.05) is 34.6 Å². The third-order valence-electron chi connectivity index (χ3n) is 1.83. The van der Waals surface area contributed by atoms with E-state index >= 15 is 0 Å². The Balaban J connectivity index is 3.90. The van der Waals surface area contributed by atoms with E-state index in [0.29, 0.717) is 12.2 Å². The van der Waals surface area contributed by atoms with E-state index in [9.17, 15) is 4.79 Å². The average molecular weight is 171 g/mol. The van der Waals surface area contributed by atoms with Gasteiger partial charge in [-0.25, -0.2) is 0 Å². The second-order valence-electron chi connectivity index (χ2n) is 5.16. The molecule has 0 aromatic carbocycles. The van der Waals surface area contributed by atoms with Gasteiger partial charge in [0.25, 0.3) is 0 Å². The molecular formula is C10H21NO. The molecule has 0 aliphatic rings. The summed E-state index contributed by atoms with van der Waals surface area (Å²) in [5.41, 5.74) is 5.34. The van der Waals surface area contributed by atoms with Crippen molar-refractivity contribution in [2.24, 2.45) is 11.1 Å². The Hall–Kier alpha value is -0.370. The van der Waals surface area contributed by atoms with Crippen molar-refractivity contribution in [3.63, 3.8) is 0 Å². The van der Waals surface area contributed by atoms with Crippen LogP contribution >= 0.6 is 0 Å². The van der Waals surface area contributed by atoms with Crippen molar-refractivity contribution in [3.8, 4) is 0 Å². The van der Waals surface area contributed by atoms with Crippen molar-refractivity contribution in [2.45, 2.75) is 53.0 Å². The summed E-state index contributed by atoms with van der Waals surface area (Å²) in [7, 11) is 0. The Bertz CT molecular complexity index is 160. The van der Waals surface area contributed by atoms with Crippen LogP contribution in [0.15, 0.2) is 0 Å². The molecule has 2 N–H and O–H groups in total. The van der Waals surface area contributed by atoms with E-state index in [0.717, 1.165) is 6.42 Å². The minimum Gasteiger partial charge on any atom is -0.326 e. The lowest BCUT2D eigenvalue weighted by Gasteiger charge is -2.21. The third kappa shape index (κ3) is 5.30. The minimum atomic E-state index is -0.221. The predicted molar refractivity (Wildman–Crippen MR) is 52.0 cm³/mol. The van der Waals surface area contributed by atoms with Gasteiger partial charge in [0.1, 0.15) is 5.78 Å². The number of carbonyl (C=O) groups excluding carboxylic acids is 1. The summed E-state index contributed by atoms with van der Waals surface area (Å²) in [4.78, 5) is 11.5. The Labute approximate surface area is 75.5 Å². The highest BCUT2D eigenvalue weighted by Crippen LogP contribution is 2.19. The van der Waals surface area contributed by atoms with Crippen LogP contribution in [0, 0.1) is 5.41 Å². The highest BCUT2D eigenvalue weighted by Gasteiger charge is 2.22. The summed E-state index contributed by atoms with van der Waals surface area (Å²) in [5, 5.41) is 0. The molecule has 0 amide bonds. The van der Waals surface area contributed by atoms with Crippen molar-refractivity contribution < 1.29 is 4.79 Å². The Morgan fingerprint density at radius 1 is 1.17 bits per heavy atom. The van der Waals surface area contributed by atoms with Gasteiger partial charge in [-0.05, 0) is 20.3 Å². The topological polar surface area (TPSA) is 43.1 Å². The van der Waals surface area contributed by atoms with E-state index in [1.165, 1.54) is 0 Å². The first-order valence-electron chi connectivity index (χ1n) is 4.45. The van der Waals surface area contributed by atoms with Crippen LogP contribution in [0.2, 0.25) is 0 Å². The summed E-state index contributed by atoms with van der Waals surface area (Å²) in [6, 6.07) is 0. The normalized spacial score (nSPS) is 13.2. The lowest BCUT2D eigenvalue weighted by atomic mass is 9.85. The van der Waals surface area contributed by atoms with Gasteiger partial charge in [0.15, 0.2) is 0 Å². The minimum absolute atomic E-state index is 0.217. The van der Waals surface area contributed by atoms with Gasteiger partial charge in [-0.2, -0.15) is 0 Å². The molecule has 0 unspecified atom stereocenters. The van der Waals surface area contributed by atoms with Gasteiger partial charge in [0.05, 0.1) is 0 Å². The van der Waals surface area contributed by atoms with Crippen LogP contribution in [-0.2, 0) is 4.79 Å². The van der Waals surface area contributed by atoms with E-state index < -0.39 is 0 Å². The molecule has 0 aliphatic carbocycles. The Kier molecular flexibility index (Phi) is 3.45. The molecule has 0 heterocycles. The number of Topliss-reactive ketones (excluding diaryl/α,β-unsaturated/α-hetero) is 1. The number of rotatable bonds is 3. The monoisotopic (exact) mass is 171 g/mol. The van der Waals surface area contributed by atoms with Crippen molar-refractivity contribution >= 4 is 5.78 Å². The Morgan fingerprint density at radius 3 is 1.83 bits per heavy atom. The molecule has 0 fully saturated rings. The molecule has 72 valence electrons. The smallest absolute Gasteiger partial charge is 0.138 e. The number of nitrogens with two attached hydrogens (primary N) is 1. The molecule has 0 aromatic rings. The number of hydrogen-bond acceptors (Lipinski definition) is 2. The SMILES string of the molecule is CC(C)(N)CCC(=O)C(C)(C)C. The maximum absolute atomic E-state index is 11.5. The second-order valence-corrected chi connectivity index (χ2v) is 5.16. The summed E-state index contributed by atoms with van der Waals surface area (Å²) in [6.45, 7) is 9.72. The number of carbonyl (C=O) groups is 1.